The molecule has 0 saturated carbocycles. The first kappa shape index (κ1) is 17.0. The van der Waals surface area contributed by atoms with Crippen molar-refractivity contribution in [3.8, 4) is 0 Å². The monoisotopic (exact) mass is 332 g/mol. The first-order valence-electron chi connectivity index (χ1n) is 8.68. The van der Waals surface area contributed by atoms with Crippen LogP contribution in [0.5, 0.6) is 0 Å². The predicted molar refractivity (Wildman–Crippen MR) is 105 cm³/mol. The van der Waals surface area contributed by atoms with Crippen LogP contribution in [-0.2, 0) is 12.8 Å². The van der Waals surface area contributed by atoms with Crippen molar-refractivity contribution < 1.29 is 0 Å². The Morgan fingerprint density at radius 1 is 0.880 bits per heavy atom. The fourth-order valence-corrected chi connectivity index (χ4v) is 2.90. The lowest BCUT2D eigenvalue weighted by atomic mass is 10.0. The molecule has 3 rings (SSSR count). The van der Waals surface area contributed by atoms with Gasteiger partial charge in [0.25, 0.3) is 0 Å². The molecule has 0 fully saturated rings. The van der Waals surface area contributed by atoms with Gasteiger partial charge in [0.1, 0.15) is 0 Å². The average Bonchev–Trinajstić information content (AvgIpc) is 2.68. The molecule has 2 aromatic carbocycles. The van der Waals surface area contributed by atoms with Crippen LogP contribution >= 0.6 is 0 Å². The quantitative estimate of drug-likeness (QED) is 0.538. The molecule has 0 atom stereocenters. The topological polar surface area (TPSA) is 49.3 Å². The van der Waals surface area contributed by atoms with Gasteiger partial charge in [-0.2, -0.15) is 0 Å². The molecule has 4 nitrogen and oxygen atoms in total. The Labute approximate surface area is 149 Å². The highest BCUT2D eigenvalue weighted by atomic mass is 15.2. The summed E-state index contributed by atoms with van der Waals surface area (Å²) in [7, 11) is 1.80. The molecule has 2 N–H and O–H groups in total. The fourth-order valence-electron chi connectivity index (χ4n) is 2.90. The summed E-state index contributed by atoms with van der Waals surface area (Å²) >= 11 is 0. The van der Waals surface area contributed by atoms with Crippen molar-refractivity contribution in [1.82, 2.24) is 15.6 Å². The van der Waals surface area contributed by atoms with Gasteiger partial charge in [0.05, 0.1) is 0 Å². The zero-order valence-electron chi connectivity index (χ0n) is 14.6. The number of hydrogen-bond donors (Lipinski definition) is 2. The Balaban J connectivity index is 1.48. The molecule has 25 heavy (non-hydrogen) atoms. The van der Waals surface area contributed by atoms with Gasteiger partial charge in [0.2, 0.25) is 0 Å². The third-order valence-electron chi connectivity index (χ3n) is 4.19. The molecule has 0 aliphatic heterocycles. The number of nitrogens with one attached hydrogen (secondary N) is 2. The Morgan fingerprint density at radius 2 is 1.64 bits per heavy atom. The van der Waals surface area contributed by atoms with Crippen molar-refractivity contribution in [1.29, 1.82) is 0 Å². The van der Waals surface area contributed by atoms with Crippen LogP contribution in [-0.4, -0.2) is 31.1 Å². The maximum Gasteiger partial charge on any atom is 0.190 e. The molecular weight excluding hydrogens is 308 g/mol. The fraction of sp³-hybridized carbons (Fsp3) is 0.238. The first-order chi connectivity index (χ1) is 12.4. The van der Waals surface area contributed by atoms with E-state index in [1.807, 2.05) is 24.4 Å². The van der Waals surface area contributed by atoms with Crippen molar-refractivity contribution in [2.75, 3.05) is 20.1 Å². The normalized spacial score (nSPS) is 11.5. The van der Waals surface area contributed by atoms with Crippen LogP contribution in [0.15, 0.2) is 71.9 Å². The Bertz CT molecular complexity index is 822. The average molecular weight is 332 g/mol. The minimum Gasteiger partial charge on any atom is -0.356 e. The summed E-state index contributed by atoms with van der Waals surface area (Å²) in [5, 5.41) is 9.34. The van der Waals surface area contributed by atoms with Gasteiger partial charge in [0, 0.05) is 38.4 Å². The molecule has 0 radical (unpaired) electrons. The van der Waals surface area contributed by atoms with Crippen LogP contribution in [0.2, 0.25) is 0 Å². The van der Waals surface area contributed by atoms with E-state index in [9.17, 15) is 0 Å². The number of pyridine rings is 1. The van der Waals surface area contributed by atoms with E-state index in [1.165, 1.54) is 16.3 Å². The second-order valence-electron chi connectivity index (χ2n) is 5.89. The minimum atomic E-state index is 0.810. The molecule has 0 saturated heterocycles. The van der Waals surface area contributed by atoms with E-state index >= 15 is 0 Å². The third kappa shape index (κ3) is 4.80. The SMILES string of the molecule is CN=C(NCCc1ccccn1)NCCc1cccc2ccccc12. The number of fused-ring (bicyclic) bond motifs is 1. The van der Waals surface area contributed by atoms with Gasteiger partial charge in [-0.3, -0.25) is 9.98 Å². The highest BCUT2D eigenvalue weighted by molar-refractivity contribution is 5.85. The van der Waals surface area contributed by atoms with Gasteiger partial charge in [-0.05, 0) is 34.9 Å². The number of aliphatic imine (C=N–C) groups is 1. The van der Waals surface area contributed by atoms with Gasteiger partial charge in [-0.1, -0.05) is 48.5 Å². The van der Waals surface area contributed by atoms with E-state index in [4.69, 9.17) is 0 Å². The van der Waals surface area contributed by atoms with Crippen LogP contribution in [0.25, 0.3) is 10.8 Å². The van der Waals surface area contributed by atoms with Crippen molar-refractivity contribution in [2.45, 2.75) is 12.8 Å². The first-order valence-corrected chi connectivity index (χ1v) is 8.68. The summed E-state index contributed by atoms with van der Waals surface area (Å²) in [6.07, 6.45) is 3.67. The molecule has 1 heterocycles. The van der Waals surface area contributed by atoms with Crippen LogP contribution in [0, 0.1) is 0 Å². The lowest BCUT2D eigenvalue weighted by Gasteiger charge is -2.12. The molecule has 4 heteroatoms. The molecule has 0 amide bonds. The van der Waals surface area contributed by atoms with E-state index in [0.717, 1.165) is 37.6 Å². The van der Waals surface area contributed by atoms with E-state index in [1.54, 1.807) is 7.05 Å². The summed E-state index contributed by atoms with van der Waals surface area (Å²) in [4.78, 5) is 8.62. The number of aromatic nitrogens is 1. The maximum atomic E-state index is 4.33. The third-order valence-corrected chi connectivity index (χ3v) is 4.19. The summed E-state index contributed by atoms with van der Waals surface area (Å²) in [5.74, 6) is 0.830. The van der Waals surface area contributed by atoms with Crippen LogP contribution in [0.3, 0.4) is 0 Å². The lowest BCUT2D eigenvalue weighted by molar-refractivity contribution is 0.777. The molecule has 0 spiro atoms. The molecule has 1 aromatic heterocycles. The Hall–Kier alpha value is -2.88. The number of guanidine groups is 1. The van der Waals surface area contributed by atoms with Gasteiger partial charge in [-0.15, -0.1) is 0 Å². The molecule has 0 bridgehead atoms. The van der Waals surface area contributed by atoms with Gasteiger partial charge in [0.15, 0.2) is 5.96 Å². The van der Waals surface area contributed by atoms with E-state index in [0.29, 0.717) is 0 Å². The summed E-state index contributed by atoms with van der Waals surface area (Å²) < 4.78 is 0. The smallest absolute Gasteiger partial charge is 0.190 e. The Kier molecular flexibility index (Phi) is 5.99. The molecule has 0 aliphatic carbocycles. The van der Waals surface area contributed by atoms with Gasteiger partial charge >= 0.3 is 0 Å². The minimum absolute atomic E-state index is 0.810. The van der Waals surface area contributed by atoms with E-state index < -0.39 is 0 Å². The van der Waals surface area contributed by atoms with E-state index in [-0.39, 0.29) is 0 Å². The van der Waals surface area contributed by atoms with Crippen molar-refractivity contribution in [3.63, 3.8) is 0 Å². The molecule has 0 aliphatic rings. The van der Waals surface area contributed by atoms with Crippen LogP contribution in [0.4, 0.5) is 0 Å². The molecular formula is C21H24N4. The molecule has 0 unspecified atom stereocenters. The second kappa shape index (κ2) is 8.83. The summed E-state index contributed by atoms with van der Waals surface area (Å²) in [5.41, 5.74) is 2.44. The number of hydrogen-bond acceptors (Lipinski definition) is 2. The zero-order valence-corrected chi connectivity index (χ0v) is 14.6. The lowest BCUT2D eigenvalue weighted by Crippen LogP contribution is -2.39. The van der Waals surface area contributed by atoms with Crippen molar-refractivity contribution >= 4 is 16.7 Å². The standard InChI is InChI=1S/C21H24N4/c1-22-21(25-16-13-19-10-4-5-14-23-19)24-15-12-18-9-6-8-17-7-2-3-11-20(17)18/h2-11,14H,12-13,15-16H2,1H3,(H2,22,24,25). The molecule has 3 aromatic rings. The number of rotatable bonds is 6. The highest BCUT2D eigenvalue weighted by Crippen LogP contribution is 2.18. The van der Waals surface area contributed by atoms with Crippen molar-refractivity contribution in [3.05, 3.63) is 78.1 Å². The van der Waals surface area contributed by atoms with Crippen LogP contribution in [0.1, 0.15) is 11.3 Å². The zero-order chi connectivity index (χ0) is 17.3. The largest absolute Gasteiger partial charge is 0.356 e. The highest BCUT2D eigenvalue weighted by Gasteiger charge is 2.02. The second-order valence-corrected chi connectivity index (χ2v) is 5.89. The van der Waals surface area contributed by atoms with Gasteiger partial charge in [-0.25, -0.2) is 0 Å². The van der Waals surface area contributed by atoms with E-state index in [2.05, 4.69) is 63.1 Å². The Morgan fingerprint density at radius 3 is 2.44 bits per heavy atom. The number of benzene rings is 2. The maximum absolute atomic E-state index is 4.33. The van der Waals surface area contributed by atoms with Gasteiger partial charge < -0.3 is 10.6 Å². The van der Waals surface area contributed by atoms with Crippen LogP contribution < -0.4 is 10.6 Å². The predicted octanol–water partition coefficient (Wildman–Crippen LogP) is 3.19. The summed E-state index contributed by atoms with van der Waals surface area (Å²) in [6.45, 7) is 1.65. The van der Waals surface area contributed by atoms with Crippen molar-refractivity contribution in [2.24, 2.45) is 4.99 Å². The summed E-state index contributed by atoms with van der Waals surface area (Å²) in [6, 6.07) is 21.0. The number of nitrogens with zero attached hydrogens (tertiary/aromatic N) is 2. The molecule has 128 valence electrons.